The predicted molar refractivity (Wildman–Crippen MR) is 91.1 cm³/mol. The Bertz CT molecular complexity index is 862. The number of carbonyl (C=O) groups excluding carboxylic acids is 1. The van der Waals surface area contributed by atoms with Gasteiger partial charge in [0.2, 0.25) is 12.5 Å². The van der Waals surface area contributed by atoms with Gasteiger partial charge in [-0.2, -0.15) is 0 Å². The average Bonchev–Trinajstić information content (AvgIpc) is 3.36. The van der Waals surface area contributed by atoms with Crippen molar-refractivity contribution in [3.63, 3.8) is 0 Å². The van der Waals surface area contributed by atoms with Crippen molar-refractivity contribution in [2.24, 2.45) is 0 Å². The zero-order valence-electron chi connectivity index (χ0n) is 13.8. The van der Waals surface area contributed by atoms with Gasteiger partial charge in [0.25, 0.3) is 5.91 Å². The van der Waals surface area contributed by atoms with Crippen molar-refractivity contribution in [1.29, 1.82) is 0 Å². The van der Waals surface area contributed by atoms with Crippen LogP contribution in [0, 0.1) is 0 Å². The van der Waals surface area contributed by atoms with Crippen LogP contribution < -0.4 is 19.5 Å². The maximum Gasteiger partial charge on any atom is 0.258 e. The number of rotatable bonds is 3. The number of benzene rings is 2. The first-order valence-corrected chi connectivity index (χ1v) is 8.42. The fraction of sp³-hybridized carbons (Fsp3) is 0.316. The van der Waals surface area contributed by atoms with Crippen LogP contribution in [0.2, 0.25) is 0 Å². The highest BCUT2D eigenvalue weighted by atomic mass is 16.7. The molecule has 0 spiro atoms. The number of para-hydroxylation sites is 1. The van der Waals surface area contributed by atoms with Gasteiger partial charge in [0.15, 0.2) is 11.5 Å². The molecule has 5 rings (SSSR count). The highest BCUT2D eigenvalue weighted by Crippen LogP contribution is 2.46. The van der Waals surface area contributed by atoms with E-state index in [-0.39, 0.29) is 24.9 Å². The van der Waals surface area contributed by atoms with Gasteiger partial charge in [-0.1, -0.05) is 12.1 Å². The lowest BCUT2D eigenvalue weighted by Crippen LogP contribution is -2.44. The summed E-state index contributed by atoms with van der Waals surface area (Å²) in [5, 5.41) is 3.51. The third kappa shape index (κ3) is 2.21. The molecule has 0 aromatic heterocycles. The average molecular weight is 338 g/mol. The monoisotopic (exact) mass is 338 g/mol. The van der Waals surface area contributed by atoms with Crippen LogP contribution in [0.25, 0.3) is 0 Å². The van der Waals surface area contributed by atoms with Gasteiger partial charge in [0.1, 0.15) is 6.17 Å². The molecule has 2 aliphatic heterocycles. The standard InChI is InChI=1S/C19H18N2O4/c1-23-15-8-11(9-16-17(15)25-10-24-16)18-20-14-5-3-2-4-13(14)19(22)21(18)12-6-7-12/h2-5,8-9,12,18,20H,6-7,10H2,1H3/t18-/m1/s1. The van der Waals surface area contributed by atoms with E-state index >= 15 is 0 Å². The largest absolute Gasteiger partial charge is 0.493 e. The summed E-state index contributed by atoms with van der Waals surface area (Å²) < 4.78 is 16.5. The van der Waals surface area contributed by atoms with Crippen molar-refractivity contribution in [1.82, 2.24) is 4.90 Å². The summed E-state index contributed by atoms with van der Waals surface area (Å²) in [5.41, 5.74) is 2.50. The molecule has 0 radical (unpaired) electrons. The third-order valence-electron chi connectivity index (χ3n) is 4.90. The lowest BCUT2D eigenvalue weighted by atomic mass is 10.0. The van der Waals surface area contributed by atoms with Crippen LogP contribution in [0.4, 0.5) is 5.69 Å². The highest BCUT2D eigenvalue weighted by molar-refractivity contribution is 6.02. The minimum absolute atomic E-state index is 0.0680. The van der Waals surface area contributed by atoms with Crippen LogP contribution >= 0.6 is 0 Å². The van der Waals surface area contributed by atoms with Crippen molar-refractivity contribution in [3.05, 3.63) is 47.5 Å². The molecule has 2 aromatic rings. The topological polar surface area (TPSA) is 60.0 Å². The molecule has 3 aliphatic rings. The van der Waals surface area contributed by atoms with Crippen LogP contribution in [-0.2, 0) is 0 Å². The second-order valence-electron chi connectivity index (χ2n) is 6.49. The van der Waals surface area contributed by atoms with Crippen molar-refractivity contribution >= 4 is 11.6 Å². The first kappa shape index (κ1) is 14.5. The van der Waals surface area contributed by atoms with E-state index in [1.807, 2.05) is 41.3 Å². The molecule has 1 N–H and O–H groups in total. The first-order valence-electron chi connectivity index (χ1n) is 8.42. The molecule has 1 atom stereocenters. The molecule has 1 amide bonds. The SMILES string of the molecule is COc1cc([C@@H]2Nc3ccccc3C(=O)N2C2CC2)cc2c1OCO2. The minimum Gasteiger partial charge on any atom is -0.493 e. The number of carbonyl (C=O) groups is 1. The smallest absolute Gasteiger partial charge is 0.258 e. The van der Waals surface area contributed by atoms with Gasteiger partial charge in [0.05, 0.1) is 12.7 Å². The van der Waals surface area contributed by atoms with Crippen LogP contribution in [-0.4, -0.2) is 30.8 Å². The van der Waals surface area contributed by atoms with Crippen LogP contribution in [0.5, 0.6) is 17.2 Å². The Morgan fingerprint density at radius 3 is 2.84 bits per heavy atom. The molecule has 6 nitrogen and oxygen atoms in total. The third-order valence-corrected chi connectivity index (χ3v) is 4.90. The van der Waals surface area contributed by atoms with Gasteiger partial charge in [0, 0.05) is 17.3 Å². The molecule has 1 fully saturated rings. The number of methoxy groups -OCH3 is 1. The number of fused-ring (bicyclic) bond motifs is 2. The summed E-state index contributed by atoms with van der Waals surface area (Å²) in [6.07, 6.45) is 1.82. The summed E-state index contributed by atoms with van der Waals surface area (Å²) in [6.45, 7) is 0.182. The quantitative estimate of drug-likeness (QED) is 0.931. The fourth-order valence-electron chi connectivity index (χ4n) is 3.55. The zero-order chi connectivity index (χ0) is 17.0. The Hall–Kier alpha value is -2.89. The Labute approximate surface area is 145 Å². The van der Waals surface area contributed by atoms with Crippen molar-refractivity contribution in [2.75, 3.05) is 19.2 Å². The highest BCUT2D eigenvalue weighted by Gasteiger charge is 2.42. The molecule has 0 saturated heterocycles. The summed E-state index contributed by atoms with van der Waals surface area (Å²) in [5.74, 6) is 1.96. The molecule has 25 heavy (non-hydrogen) atoms. The number of amides is 1. The Morgan fingerprint density at radius 2 is 2.04 bits per heavy atom. The molecule has 1 saturated carbocycles. The molecule has 2 heterocycles. The molecular weight excluding hydrogens is 320 g/mol. The van der Waals surface area contributed by atoms with E-state index in [1.165, 1.54) is 0 Å². The molecule has 1 aliphatic carbocycles. The van der Waals surface area contributed by atoms with Gasteiger partial charge < -0.3 is 24.4 Å². The van der Waals surface area contributed by atoms with Gasteiger partial charge in [-0.05, 0) is 37.1 Å². The Morgan fingerprint density at radius 1 is 1.20 bits per heavy atom. The first-order chi connectivity index (χ1) is 12.3. The van der Waals surface area contributed by atoms with Gasteiger partial charge in [-0.15, -0.1) is 0 Å². The van der Waals surface area contributed by atoms with E-state index < -0.39 is 0 Å². The molecule has 6 heteroatoms. The number of hydrogen-bond donors (Lipinski definition) is 1. The fourth-order valence-corrected chi connectivity index (χ4v) is 3.55. The van der Waals surface area contributed by atoms with E-state index in [0.29, 0.717) is 17.2 Å². The van der Waals surface area contributed by atoms with Crippen LogP contribution in [0.3, 0.4) is 0 Å². The normalized spacial score (nSPS) is 20.9. The molecule has 0 unspecified atom stereocenters. The molecule has 2 aromatic carbocycles. The summed E-state index contributed by atoms with van der Waals surface area (Å²) in [4.78, 5) is 15.0. The van der Waals surface area contributed by atoms with E-state index in [4.69, 9.17) is 14.2 Å². The number of ether oxygens (including phenoxy) is 3. The summed E-state index contributed by atoms with van der Waals surface area (Å²) in [6, 6.07) is 11.8. The van der Waals surface area contributed by atoms with Gasteiger partial charge in [-0.25, -0.2) is 0 Å². The molecule has 128 valence electrons. The second kappa shape index (κ2) is 5.31. The second-order valence-corrected chi connectivity index (χ2v) is 6.49. The maximum atomic E-state index is 13.1. The van der Waals surface area contributed by atoms with Crippen molar-refractivity contribution in [3.8, 4) is 17.2 Å². The maximum absolute atomic E-state index is 13.1. The number of hydrogen-bond acceptors (Lipinski definition) is 5. The molecular formula is C19H18N2O4. The van der Waals surface area contributed by atoms with Crippen molar-refractivity contribution in [2.45, 2.75) is 25.0 Å². The number of anilines is 1. The lowest BCUT2D eigenvalue weighted by Gasteiger charge is -2.38. The molecule has 0 bridgehead atoms. The van der Waals surface area contributed by atoms with E-state index in [2.05, 4.69) is 5.32 Å². The summed E-state index contributed by atoms with van der Waals surface area (Å²) in [7, 11) is 1.61. The minimum atomic E-state index is -0.252. The van der Waals surface area contributed by atoms with Crippen molar-refractivity contribution < 1.29 is 19.0 Å². The number of nitrogens with one attached hydrogen (secondary N) is 1. The zero-order valence-corrected chi connectivity index (χ0v) is 13.8. The lowest BCUT2D eigenvalue weighted by molar-refractivity contribution is 0.0666. The Kier molecular flexibility index (Phi) is 3.07. The van der Waals surface area contributed by atoms with E-state index in [0.717, 1.165) is 29.7 Å². The van der Waals surface area contributed by atoms with Crippen LogP contribution in [0.1, 0.15) is 34.9 Å². The van der Waals surface area contributed by atoms with Gasteiger partial charge >= 0.3 is 0 Å². The van der Waals surface area contributed by atoms with E-state index in [9.17, 15) is 4.79 Å². The van der Waals surface area contributed by atoms with Crippen LogP contribution in [0.15, 0.2) is 36.4 Å². The number of nitrogens with zero attached hydrogens (tertiary/aromatic N) is 1. The van der Waals surface area contributed by atoms with Gasteiger partial charge in [-0.3, -0.25) is 4.79 Å². The van der Waals surface area contributed by atoms with E-state index in [1.54, 1.807) is 7.11 Å². The Balaban J connectivity index is 1.62. The summed E-state index contributed by atoms with van der Waals surface area (Å²) >= 11 is 0. The predicted octanol–water partition coefficient (Wildman–Crippen LogP) is 3.15.